The van der Waals surface area contributed by atoms with Crippen LogP contribution in [0.1, 0.15) is 46.0 Å². The molecule has 2 heterocycles. The summed E-state index contributed by atoms with van der Waals surface area (Å²) in [5.41, 5.74) is 2.41. The fraction of sp³-hybridized carbons (Fsp3) is 0.750. The largest absolute Gasteiger partial charge is 0.387 e. The van der Waals surface area contributed by atoms with Gasteiger partial charge in [0.05, 0.1) is 0 Å². The van der Waals surface area contributed by atoms with Crippen molar-refractivity contribution < 1.29 is 5.11 Å². The number of aliphatic hydroxyl groups excluding tert-OH is 1. The Hall–Kier alpha value is -0.800. The second-order valence-corrected chi connectivity index (χ2v) is 6.24. The van der Waals surface area contributed by atoms with Crippen molar-refractivity contribution in [3.05, 3.63) is 23.4 Å². The van der Waals surface area contributed by atoms with Gasteiger partial charge >= 0.3 is 0 Å². The summed E-state index contributed by atoms with van der Waals surface area (Å²) in [4.78, 5) is 2.39. The van der Waals surface area contributed by atoms with Crippen LogP contribution in [-0.4, -0.2) is 34.9 Å². The minimum Gasteiger partial charge on any atom is -0.387 e. The zero-order valence-corrected chi connectivity index (χ0v) is 12.1. The van der Waals surface area contributed by atoms with Crippen LogP contribution in [0, 0.1) is 5.92 Å². The third kappa shape index (κ3) is 2.23. The standard InChI is InChI=1S/C16H26N2O/c1-3-6-14-11(2)16(19)18-13(10-17-14)9-12-7-4-5-8-15(12)18/h4,7,12-13,15-17,19H,3,5-6,8-10H2,1-2H3/t12?,13-,15?,16?/m0/s1. The van der Waals surface area contributed by atoms with Gasteiger partial charge in [-0.25, -0.2) is 0 Å². The smallest absolute Gasteiger partial charge is 0.131 e. The Labute approximate surface area is 116 Å². The van der Waals surface area contributed by atoms with Crippen molar-refractivity contribution in [2.75, 3.05) is 6.54 Å². The summed E-state index contributed by atoms with van der Waals surface area (Å²) in [5.74, 6) is 0.649. The fourth-order valence-corrected chi connectivity index (χ4v) is 4.06. The number of nitrogens with one attached hydrogen (secondary N) is 1. The second-order valence-electron chi connectivity index (χ2n) is 6.24. The van der Waals surface area contributed by atoms with Crippen LogP contribution >= 0.6 is 0 Å². The molecule has 3 rings (SSSR count). The molecule has 3 aliphatic rings. The lowest BCUT2D eigenvalue weighted by Gasteiger charge is -2.35. The lowest BCUT2D eigenvalue weighted by atomic mass is 9.90. The molecule has 0 spiro atoms. The number of hydrogen-bond acceptors (Lipinski definition) is 3. The molecule has 3 nitrogen and oxygen atoms in total. The van der Waals surface area contributed by atoms with Gasteiger partial charge in [0.25, 0.3) is 0 Å². The summed E-state index contributed by atoms with van der Waals surface area (Å²) in [5, 5.41) is 14.4. The van der Waals surface area contributed by atoms with Gasteiger partial charge in [0, 0.05) is 24.3 Å². The van der Waals surface area contributed by atoms with Crippen LogP contribution in [0.15, 0.2) is 23.4 Å². The second kappa shape index (κ2) is 5.29. The lowest BCUT2D eigenvalue weighted by Crippen LogP contribution is -2.46. The third-order valence-electron chi connectivity index (χ3n) is 5.05. The van der Waals surface area contributed by atoms with Crippen molar-refractivity contribution in [2.45, 2.75) is 64.3 Å². The Bertz CT molecular complexity index is 402. The molecule has 0 radical (unpaired) electrons. The van der Waals surface area contributed by atoms with Gasteiger partial charge in [-0.15, -0.1) is 0 Å². The monoisotopic (exact) mass is 262 g/mol. The van der Waals surface area contributed by atoms with E-state index < -0.39 is 0 Å². The molecule has 0 aromatic rings. The molecule has 0 amide bonds. The van der Waals surface area contributed by atoms with Crippen LogP contribution in [0.2, 0.25) is 0 Å². The van der Waals surface area contributed by atoms with E-state index in [9.17, 15) is 5.11 Å². The highest BCUT2D eigenvalue weighted by Crippen LogP contribution is 2.39. The Morgan fingerprint density at radius 1 is 1.47 bits per heavy atom. The van der Waals surface area contributed by atoms with Gasteiger partial charge in [-0.3, -0.25) is 4.90 Å². The molecule has 0 aromatic heterocycles. The van der Waals surface area contributed by atoms with E-state index in [0.29, 0.717) is 18.0 Å². The van der Waals surface area contributed by atoms with Gasteiger partial charge in [0.2, 0.25) is 0 Å². The van der Waals surface area contributed by atoms with Crippen molar-refractivity contribution in [1.82, 2.24) is 10.2 Å². The first-order valence-corrected chi connectivity index (χ1v) is 7.78. The van der Waals surface area contributed by atoms with Gasteiger partial charge in [0.1, 0.15) is 6.23 Å². The van der Waals surface area contributed by atoms with Gasteiger partial charge in [-0.2, -0.15) is 0 Å². The van der Waals surface area contributed by atoms with E-state index in [1.807, 2.05) is 0 Å². The lowest BCUT2D eigenvalue weighted by molar-refractivity contribution is -0.00538. The van der Waals surface area contributed by atoms with Gasteiger partial charge < -0.3 is 10.4 Å². The van der Waals surface area contributed by atoms with E-state index in [2.05, 4.69) is 36.2 Å². The molecule has 2 N–H and O–H groups in total. The first-order chi connectivity index (χ1) is 9.22. The minimum atomic E-state index is -0.386. The molecule has 3 heteroatoms. The van der Waals surface area contributed by atoms with E-state index in [1.54, 1.807) is 0 Å². The zero-order chi connectivity index (χ0) is 13.4. The summed E-state index contributed by atoms with van der Waals surface area (Å²) in [6.45, 7) is 5.28. The molecule has 19 heavy (non-hydrogen) atoms. The molecule has 1 fully saturated rings. The molecular formula is C16H26N2O. The fourth-order valence-electron chi connectivity index (χ4n) is 4.06. The summed E-state index contributed by atoms with van der Waals surface area (Å²) in [7, 11) is 0. The first-order valence-electron chi connectivity index (χ1n) is 7.78. The number of allylic oxidation sites excluding steroid dienone is 2. The van der Waals surface area contributed by atoms with E-state index in [-0.39, 0.29) is 6.23 Å². The molecule has 4 atom stereocenters. The Kier molecular flexibility index (Phi) is 3.68. The van der Waals surface area contributed by atoms with E-state index in [4.69, 9.17) is 0 Å². The van der Waals surface area contributed by atoms with Crippen LogP contribution < -0.4 is 5.32 Å². The number of fused-ring (bicyclic) bond motifs is 3. The first kappa shape index (κ1) is 13.2. The van der Waals surface area contributed by atoms with Crippen LogP contribution in [0.25, 0.3) is 0 Å². The minimum absolute atomic E-state index is 0.386. The highest BCUT2D eigenvalue weighted by atomic mass is 16.3. The van der Waals surface area contributed by atoms with Gasteiger partial charge in [0.15, 0.2) is 0 Å². The predicted molar refractivity (Wildman–Crippen MR) is 77.5 cm³/mol. The molecule has 0 bridgehead atoms. The molecule has 1 aliphatic carbocycles. The Morgan fingerprint density at radius 3 is 3.11 bits per heavy atom. The van der Waals surface area contributed by atoms with E-state index >= 15 is 0 Å². The average Bonchev–Trinajstić information content (AvgIpc) is 2.75. The zero-order valence-electron chi connectivity index (χ0n) is 12.1. The summed E-state index contributed by atoms with van der Waals surface area (Å²) < 4.78 is 0. The highest BCUT2D eigenvalue weighted by Gasteiger charge is 2.45. The maximum absolute atomic E-state index is 10.8. The maximum Gasteiger partial charge on any atom is 0.131 e. The van der Waals surface area contributed by atoms with Crippen LogP contribution in [-0.2, 0) is 0 Å². The van der Waals surface area contributed by atoms with Crippen molar-refractivity contribution >= 4 is 0 Å². The molecule has 2 aliphatic heterocycles. The number of rotatable bonds is 2. The molecule has 0 saturated carbocycles. The van der Waals surface area contributed by atoms with E-state index in [1.165, 1.54) is 18.5 Å². The molecular weight excluding hydrogens is 236 g/mol. The van der Waals surface area contributed by atoms with Crippen LogP contribution in [0.5, 0.6) is 0 Å². The van der Waals surface area contributed by atoms with E-state index in [0.717, 1.165) is 31.4 Å². The van der Waals surface area contributed by atoms with Crippen LogP contribution in [0.3, 0.4) is 0 Å². The predicted octanol–water partition coefficient (Wildman–Crippen LogP) is 2.39. The Morgan fingerprint density at radius 2 is 2.32 bits per heavy atom. The number of aliphatic hydroxyl groups is 1. The van der Waals surface area contributed by atoms with Crippen molar-refractivity contribution in [3.63, 3.8) is 0 Å². The van der Waals surface area contributed by atoms with Crippen molar-refractivity contribution in [3.8, 4) is 0 Å². The molecule has 3 unspecified atom stereocenters. The number of hydrogen-bond donors (Lipinski definition) is 2. The molecule has 1 saturated heterocycles. The third-order valence-corrected chi connectivity index (χ3v) is 5.05. The average molecular weight is 262 g/mol. The maximum atomic E-state index is 10.8. The van der Waals surface area contributed by atoms with Crippen LogP contribution in [0.4, 0.5) is 0 Å². The van der Waals surface area contributed by atoms with Gasteiger partial charge in [-0.1, -0.05) is 25.5 Å². The Balaban J connectivity index is 1.86. The SMILES string of the molecule is CCCC1=C(C)C(O)N2C3CCC=CC3C[C@H]2CN1. The molecule has 0 aromatic carbocycles. The summed E-state index contributed by atoms with van der Waals surface area (Å²) >= 11 is 0. The normalized spacial score (nSPS) is 38.7. The summed E-state index contributed by atoms with van der Waals surface area (Å²) in [6.07, 6.45) is 10.0. The summed E-state index contributed by atoms with van der Waals surface area (Å²) in [6, 6.07) is 1.03. The molecule has 106 valence electrons. The van der Waals surface area contributed by atoms with Gasteiger partial charge in [-0.05, 0) is 44.1 Å². The topological polar surface area (TPSA) is 35.5 Å². The number of nitrogens with zero attached hydrogens (tertiary/aromatic N) is 1. The quantitative estimate of drug-likeness (QED) is 0.750. The highest BCUT2D eigenvalue weighted by molar-refractivity contribution is 5.20. The van der Waals surface area contributed by atoms with Crippen molar-refractivity contribution in [1.29, 1.82) is 0 Å². The van der Waals surface area contributed by atoms with Crippen molar-refractivity contribution in [2.24, 2.45) is 5.92 Å².